The Bertz CT molecular complexity index is 832. The van der Waals surface area contributed by atoms with Gasteiger partial charge in [-0.3, -0.25) is 9.59 Å². The minimum atomic E-state index is -1.76. The van der Waals surface area contributed by atoms with Crippen molar-refractivity contribution in [2.45, 2.75) is 32.3 Å². The van der Waals surface area contributed by atoms with Gasteiger partial charge in [0.2, 0.25) is 0 Å². The zero-order valence-corrected chi connectivity index (χ0v) is 15.1. The molecule has 26 heavy (non-hydrogen) atoms. The van der Waals surface area contributed by atoms with Crippen molar-refractivity contribution in [3.63, 3.8) is 0 Å². The van der Waals surface area contributed by atoms with Crippen LogP contribution in [0.1, 0.15) is 30.9 Å². The number of carbonyl (C=O) groups excluding carboxylic acids is 2. The Balaban J connectivity index is 1.69. The van der Waals surface area contributed by atoms with Crippen molar-refractivity contribution >= 4 is 17.4 Å². The van der Waals surface area contributed by atoms with Crippen molar-refractivity contribution in [2.75, 3.05) is 18.1 Å². The molecule has 0 radical (unpaired) electrons. The summed E-state index contributed by atoms with van der Waals surface area (Å²) in [4.78, 5) is 25.9. The van der Waals surface area contributed by atoms with Crippen molar-refractivity contribution in [2.24, 2.45) is 0 Å². The smallest absolute Gasteiger partial charge is 0.264 e. The van der Waals surface area contributed by atoms with Gasteiger partial charge in [-0.2, -0.15) is 0 Å². The third kappa shape index (κ3) is 3.35. The Morgan fingerprint density at radius 2 is 1.85 bits per heavy atom. The van der Waals surface area contributed by atoms with Crippen LogP contribution in [0.3, 0.4) is 0 Å². The number of rotatable bonds is 7. The first-order valence-electron chi connectivity index (χ1n) is 8.75. The molecule has 0 fully saturated rings. The molecule has 136 valence electrons. The number of para-hydroxylation sites is 2. The topological polar surface area (TPSA) is 66.8 Å². The fraction of sp³-hybridized carbons (Fsp3) is 0.333. The number of amides is 1. The van der Waals surface area contributed by atoms with Crippen LogP contribution in [0.4, 0.5) is 5.69 Å². The fourth-order valence-corrected chi connectivity index (χ4v) is 3.38. The van der Waals surface area contributed by atoms with Crippen LogP contribution in [0.15, 0.2) is 48.5 Å². The van der Waals surface area contributed by atoms with E-state index >= 15 is 0 Å². The number of hydrogen-bond donors (Lipinski definition) is 1. The maximum absolute atomic E-state index is 12.8. The normalized spacial score (nSPS) is 18.7. The molecule has 3 rings (SSSR count). The van der Waals surface area contributed by atoms with E-state index in [0.717, 1.165) is 11.3 Å². The van der Waals surface area contributed by atoms with Gasteiger partial charge >= 0.3 is 0 Å². The van der Waals surface area contributed by atoms with Gasteiger partial charge in [-0.05, 0) is 38.0 Å². The lowest BCUT2D eigenvalue weighted by Crippen LogP contribution is -2.42. The van der Waals surface area contributed by atoms with E-state index in [1.165, 1.54) is 6.92 Å². The second kappa shape index (κ2) is 7.30. The van der Waals surface area contributed by atoms with Crippen LogP contribution < -0.4 is 9.64 Å². The van der Waals surface area contributed by atoms with Crippen LogP contribution in [-0.2, 0) is 15.2 Å². The van der Waals surface area contributed by atoms with E-state index in [1.54, 1.807) is 23.1 Å². The van der Waals surface area contributed by atoms with Crippen molar-refractivity contribution in [1.29, 1.82) is 0 Å². The summed E-state index contributed by atoms with van der Waals surface area (Å²) < 4.78 is 5.78. The summed E-state index contributed by atoms with van der Waals surface area (Å²) >= 11 is 0. The molecule has 1 N–H and O–H groups in total. The van der Waals surface area contributed by atoms with E-state index in [-0.39, 0.29) is 12.2 Å². The number of carbonyl (C=O) groups is 2. The van der Waals surface area contributed by atoms with Gasteiger partial charge in [-0.1, -0.05) is 36.4 Å². The van der Waals surface area contributed by atoms with Gasteiger partial charge in [0, 0.05) is 18.5 Å². The van der Waals surface area contributed by atoms with Gasteiger partial charge < -0.3 is 14.7 Å². The molecule has 0 aliphatic carbocycles. The summed E-state index contributed by atoms with van der Waals surface area (Å²) in [5, 5.41) is 10.9. The Labute approximate surface area is 153 Å². The second-order valence-corrected chi connectivity index (χ2v) is 6.68. The first-order valence-corrected chi connectivity index (χ1v) is 8.75. The standard InChI is InChI=1S/C21H23NO4/c1-15-8-3-6-11-19(15)26-13-7-12-22-18-10-5-4-9-17(18)21(25,20(22)24)14-16(2)23/h3-6,8-11,25H,7,12-14H2,1-2H3/t21-/m0/s1. The number of fused-ring (bicyclic) bond motifs is 1. The molecule has 0 aromatic heterocycles. The SMILES string of the molecule is CC(=O)C[C@@]1(O)C(=O)N(CCCOc2ccccc2C)c2ccccc21. The number of aliphatic hydroxyl groups is 1. The Hall–Kier alpha value is -2.66. The summed E-state index contributed by atoms with van der Waals surface area (Å²) in [6.45, 7) is 4.24. The highest BCUT2D eigenvalue weighted by atomic mass is 16.5. The molecule has 1 aliphatic rings. The monoisotopic (exact) mass is 353 g/mol. The van der Waals surface area contributed by atoms with Gasteiger partial charge in [0.05, 0.1) is 12.3 Å². The first-order chi connectivity index (χ1) is 12.4. The second-order valence-electron chi connectivity index (χ2n) is 6.68. The number of ketones is 1. The van der Waals surface area contributed by atoms with E-state index in [0.29, 0.717) is 30.8 Å². The van der Waals surface area contributed by atoms with Crippen LogP contribution in [-0.4, -0.2) is 29.9 Å². The Kier molecular flexibility index (Phi) is 5.09. The minimum Gasteiger partial charge on any atom is -0.493 e. The molecule has 0 bridgehead atoms. The summed E-state index contributed by atoms with van der Waals surface area (Å²) in [6.07, 6.45) is 0.406. The predicted molar refractivity (Wildman–Crippen MR) is 99.3 cm³/mol. The molecular formula is C21H23NO4. The molecule has 1 atom stereocenters. The molecule has 0 spiro atoms. The number of anilines is 1. The largest absolute Gasteiger partial charge is 0.493 e. The molecular weight excluding hydrogens is 330 g/mol. The number of Topliss-reactive ketones (excluding diaryl/α,β-unsaturated/α-hetero) is 1. The molecule has 0 unspecified atom stereocenters. The van der Waals surface area contributed by atoms with Crippen molar-refractivity contribution in [3.8, 4) is 5.75 Å². The van der Waals surface area contributed by atoms with Crippen molar-refractivity contribution in [1.82, 2.24) is 0 Å². The molecule has 1 amide bonds. The third-order valence-corrected chi connectivity index (χ3v) is 4.62. The lowest BCUT2D eigenvalue weighted by Gasteiger charge is -2.22. The quantitative estimate of drug-likeness (QED) is 0.777. The molecule has 5 nitrogen and oxygen atoms in total. The maximum Gasteiger partial charge on any atom is 0.264 e. The molecule has 2 aromatic carbocycles. The van der Waals surface area contributed by atoms with E-state index in [9.17, 15) is 14.7 Å². The first kappa shape index (κ1) is 18.1. The van der Waals surface area contributed by atoms with E-state index in [1.807, 2.05) is 37.3 Å². The number of aryl methyl sites for hydroxylation is 1. The van der Waals surface area contributed by atoms with Crippen molar-refractivity contribution in [3.05, 3.63) is 59.7 Å². The molecule has 0 saturated carbocycles. The Morgan fingerprint density at radius 3 is 2.58 bits per heavy atom. The number of hydrogen-bond acceptors (Lipinski definition) is 4. The van der Waals surface area contributed by atoms with Crippen LogP contribution in [0.25, 0.3) is 0 Å². The Morgan fingerprint density at radius 1 is 1.15 bits per heavy atom. The predicted octanol–water partition coefficient (Wildman–Crippen LogP) is 2.98. The van der Waals surface area contributed by atoms with Gasteiger partial charge in [0.1, 0.15) is 11.5 Å². The third-order valence-electron chi connectivity index (χ3n) is 4.62. The summed E-state index contributed by atoms with van der Waals surface area (Å²) in [7, 11) is 0. The fourth-order valence-electron chi connectivity index (χ4n) is 3.38. The lowest BCUT2D eigenvalue weighted by atomic mass is 9.90. The average molecular weight is 353 g/mol. The summed E-state index contributed by atoms with van der Waals surface area (Å²) in [6, 6.07) is 14.9. The van der Waals surface area contributed by atoms with Gasteiger partial charge in [-0.15, -0.1) is 0 Å². The highest BCUT2D eigenvalue weighted by Gasteiger charge is 2.49. The van der Waals surface area contributed by atoms with E-state index in [2.05, 4.69) is 0 Å². The van der Waals surface area contributed by atoms with Gasteiger partial charge in [-0.25, -0.2) is 0 Å². The van der Waals surface area contributed by atoms with Crippen LogP contribution in [0.2, 0.25) is 0 Å². The minimum absolute atomic E-state index is 0.209. The van der Waals surface area contributed by atoms with Gasteiger partial charge in [0.25, 0.3) is 5.91 Å². The molecule has 2 aromatic rings. The number of nitrogens with zero attached hydrogens (tertiary/aromatic N) is 1. The zero-order valence-electron chi connectivity index (χ0n) is 15.1. The molecule has 1 aliphatic heterocycles. The highest BCUT2D eigenvalue weighted by Crippen LogP contribution is 2.42. The number of ether oxygens (including phenoxy) is 1. The average Bonchev–Trinajstić information content (AvgIpc) is 2.81. The van der Waals surface area contributed by atoms with Gasteiger partial charge in [0.15, 0.2) is 5.60 Å². The number of benzene rings is 2. The van der Waals surface area contributed by atoms with Crippen LogP contribution in [0.5, 0.6) is 5.75 Å². The van der Waals surface area contributed by atoms with E-state index < -0.39 is 11.5 Å². The molecule has 0 saturated heterocycles. The molecule has 5 heteroatoms. The van der Waals surface area contributed by atoms with Crippen LogP contribution in [0, 0.1) is 6.92 Å². The summed E-state index contributed by atoms with van der Waals surface area (Å²) in [5.41, 5.74) is 0.461. The zero-order chi connectivity index (χ0) is 18.7. The molecule has 1 heterocycles. The van der Waals surface area contributed by atoms with Crippen molar-refractivity contribution < 1.29 is 19.4 Å². The lowest BCUT2D eigenvalue weighted by molar-refractivity contribution is -0.141. The van der Waals surface area contributed by atoms with E-state index in [4.69, 9.17) is 4.74 Å². The highest BCUT2D eigenvalue weighted by molar-refractivity contribution is 6.08. The maximum atomic E-state index is 12.8. The van der Waals surface area contributed by atoms with Crippen LogP contribution >= 0.6 is 0 Å². The summed E-state index contributed by atoms with van der Waals surface area (Å²) in [5.74, 6) is 0.166.